The number of rotatable bonds is 4. The lowest BCUT2D eigenvalue weighted by Gasteiger charge is -2.22. The number of hydrogen-bond acceptors (Lipinski definition) is 3. The van der Waals surface area contributed by atoms with Gasteiger partial charge in [-0.25, -0.2) is 0 Å². The van der Waals surface area contributed by atoms with E-state index in [1.54, 1.807) is 11.8 Å². The molecule has 62 valence electrons. The number of thioether (sulfide) groups is 1. The van der Waals surface area contributed by atoms with E-state index in [1.165, 1.54) is 0 Å². The summed E-state index contributed by atoms with van der Waals surface area (Å²) in [5, 5.41) is 9.26. The molecule has 0 spiro atoms. The zero-order valence-electron chi connectivity index (χ0n) is 6.87. The van der Waals surface area contributed by atoms with Crippen LogP contribution in [0.5, 0.6) is 0 Å². The van der Waals surface area contributed by atoms with Gasteiger partial charge in [0.05, 0.1) is 0 Å². The highest BCUT2D eigenvalue weighted by Gasteiger charge is 2.19. The largest absolute Gasteiger partial charge is 0.378 e. The van der Waals surface area contributed by atoms with Crippen LogP contribution in [0.4, 0.5) is 0 Å². The minimum atomic E-state index is -0.676. The second-order valence-corrected chi connectivity index (χ2v) is 3.59. The summed E-state index contributed by atoms with van der Waals surface area (Å²) in [6, 6.07) is 0. The third kappa shape index (κ3) is 2.90. The zero-order chi connectivity index (χ0) is 8.15. The first-order chi connectivity index (χ1) is 4.63. The minimum absolute atomic E-state index is 0.185. The van der Waals surface area contributed by atoms with Crippen molar-refractivity contribution in [3.63, 3.8) is 0 Å². The Labute approximate surface area is 67.2 Å². The molecule has 2 nitrogen and oxygen atoms in total. The topological polar surface area (TPSA) is 46.2 Å². The molecule has 0 saturated heterocycles. The molecule has 0 fully saturated rings. The van der Waals surface area contributed by atoms with Crippen molar-refractivity contribution < 1.29 is 5.11 Å². The molecule has 0 aliphatic rings. The van der Waals surface area contributed by atoms with E-state index in [2.05, 4.69) is 13.8 Å². The van der Waals surface area contributed by atoms with Gasteiger partial charge in [0.15, 0.2) is 0 Å². The van der Waals surface area contributed by atoms with Crippen LogP contribution in [0.1, 0.15) is 20.3 Å². The van der Waals surface area contributed by atoms with E-state index in [9.17, 15) is 0 Å². The maximum absolute atomic E-state index is 9.07. The Morgan fingerprint density at radius 3 is 2.20 bits per heavy atom. The third-order valence-electron chi connectivity index (χ3n) is 1.81. The highest BCUT2D eigenvalue weighted by molar-refractivity contribution is 7.99. The fourth-order valence-electron chi connectivity index (χ4n) is 0.941. The molecule has 0 radical (unpaired) electrons. The van der Waals surface area contributed by atoms with E-state index in [1.807, 2.05) is 6.26 Å². The number of hydrogen-bond donors (Lipinski definition) is 2. The first-order valence-electron chi connectivity index (χ1n) is 3.59. The summed E-state index contributed by atoms with van der Waals surface area (Å²) in [7, 11) is 0. The normalized spacial score (nSPS) is 20.1. The Morgan fingerprint density at radius 2 is 2.10 bits per heavy atom. The van der Waals surface area contributed by atoms with Gasteiger partial charge in [0.25, 0.3) is 0 Å². The lowest BCUT2D eigenvalue weighted by atomic mass is 10.0. The van der Waals surface area contributed by atoms with Crippen LogP contribution >= 0.6 is 11.8 Å². The minimum Gasteiger partial charge on any atom is -0.378 e. The van der Waals surface area contributed by atoms with Gasteiger partial charge in [-0.3, -0.25) is 0 Å². The van der Waals surface area contributed by atoms with E-state index < -0.39 is 6.23 Å². The van der Waals surface area contributed by atoms with Crippen LogP contribution < -0.4 is 5.73 Å². The third-order valence-corrected chi connectivity index (χ3v) is 3.10. The van der Waals surface area contributed by atoms with E-state index in [0.717, 1.165) is 6.42 Å². The summed E-state index contributed by atoms with van der Waals surface area (Å²) in [4.78, 5) is 0. The van der Waals surface area contributed by atoms with E-state index in [4.69, 9.17) is 10.8 Å². The van der Waals surface area contributed by atoms with Crippen molar-refractivity contribution in [3.8, 4) is 0 Å². The fourth-order valence-corrected chi connectivity index (χ4v) is 1.88. The van der Waals surface area contributed by atoms with E-state index >= 15 is 0 Å². The molecule has 3 heteroatoms. The molecule has 0 amide bonds. The van der Waals surface area contributed by atoms with Crippen molar-refractivity contribution in [2.75, 3.05) is 6.26 Å². The standard InChI is InChI=1S/C7H17NOS/c1-4-5(2)6(10-3)7(8)9/h5-7,9H,4,8H2,1-3H3. The van der Waals surface area contributed by atoms with Crippen molar-refractivity contribution in [1.29, 1.82) is 0 Å². The smallest absolute Gasteiger partial charge is 0.114 e. The summed E-state index contributed by atoms with van der Waals surface area (Å²) in [5.74, 6) is 0.495. The van der Waals surface area contributed by atoms with Crippen LogP contribution in [-0.4, -0.2) is 22.8 Å². The van der Waals surface area contributed by atoms with Crippen molar-refractivity contribution in [1.82, 2.24) is 0 Å². The number of aliphatic hydroxyl groups is 1. The molecule has 0 rings (SSSR count). The molecule has 0 bridgehead atoms. The Balaban J connectivity index is 3.80. The fraction of sp³-hybridized carbons (Fsp3) is 1.00. The maximum atomic E-state index is 9.07. The van der Waals surface area contributed by atoms with Gasteiger partial charge in [-0.05, 0) is 12.2 Å². The van der Waals surface area contributed by atoms with Gasteiger partial charge in [0, 0.05) is 5.25 Å². The Morgan fingerprint density at radius 1 is 1.60 bits per heavy atom. The molecule has 3 atom stereocenters. The highest BCUT2D eigenvalue weighted by atomic mass is 32.2. The average Bonchev–Trinajstić information content (AvgIpc) is 1.88. The predicted octanol–water partition coefficient (Wildman–Crippen LogP) is 1.04. The SMILES string of the molecule is CCC(C)C(SC)C(N)O. The zero-order valence-corrected chi connectivity index (χ0v) is 7.69. The van der Waals surface area contributed by atoms with E-state index in [-0.39, 0.29) is 5.25 Å². The van der Waals surface area contributed by atoms with Gasteiger partial charge in [-0.1, -0.05) is 20.3 Å². The highest BCUT2D eigenvalue weighted by Crippen LogP contribution is 2.20. The molecule has 0 aromatic heterocycles. The van der Waals surface area contributed by atoms with Crippen LogP contribution in [0.25, 0.3) is 0 Å². The van der Waals surface area contributed by atoms with Crippen molar-refractivity contribution in [2.24, 2.45) is 11.7 Å². The maximum Gasteiger partial charge on any atom is 0.114 e. The van der Waals surface area contributed by atoms with Gasteiger partial charge < -0.3 is 10.8 Å². The Hall–Kier alpha value is 0.270. The molecule has 0 aliphatic heterocycles. The Bertz CT molecular complexity index is 87.7. The molecule has 10 heavy (non-hydrogen) atoms. The molecule has 0 aromatic carbocycles. The molecule has 3 N–H and O–H groups in total. The molecule has 0 saturated carbocycles. The van der Waals surface area contributed by atoms with Crippen molar-refractivity contribution >= 4 is 11.8 Å². The molecule has 3 unspecified atom stereocenters. The molecule has 0 aliphatic carbocycles. The monoisotopic (exact) mass is 163 g/mol. The summed E-state index contributed by atoms with van der Waals surface area (Å²) in [6.07, 6.45) is 2.37. The van der Waals surface area contributed by atoms with Gasteiger partial charge in [0.2, 0.25) is 0 Å². The van der Waals surface area contributed by atoms with Crippen LogP contribution in [0.3, 0.4) is 0 Å². The van der Waals surface area contributed by atoms with Crippen LogP contribution in [0.15, 0.2) is 0 Å². The van der Waals surface area contributed by atoms with Gasteiger partial charge in [-0.15, -0.1) is 0 Å². The van der Waals surface area contributed by atoms with Gasteiger partial charge in [0.1, 0.15) is 6.23 Å². The molecular weight excluding hydrogens is 146 g/mol. The quantitative estimate of drug-likeness (QED) is 0.609. The first kappa shape index (κ1) is 10.3. The number of aliphatic hydroxyl groups excluding tert-OH is 1. The van der Waals surface area contributed by atoms with Gasteiger partial charge >= 0.3 is 0 Å². The van der Waals surface area contributed by atoms with E-state index in [0.29, 0.717) is 5.92 Å². The second kappa shape index (κ2) is 4.99. The summed E-state index contributed by atoms with van der Waals surface area (Å²) in [5.41, 5.74) is 5.36. The van der Waals surface area contributed by atoms with Crippen molar-refractivity contribution in [3.05, 3.63) is 0 Å². The predicted molar refractivity (Wildman–Crippen MR) is 47.0 cm³/mol. The summed E-state index contributed by atoms with van der Waals surface area (Å²) in [6.45, 7) is 4.22. The lowest BCUT2D eigenvalue weighted by Crippen LogP contribution is -2.36. The number of nitrogens with two attached hydrogens (primary N) is 1. The van der Waals surface area contributed by atoms with Crippen LogP contribution in [0, 0.1) is 5.92 Å². The second-order valence-electron chi connectivity index (χ2n) is 2.58. The average molecular weight is 163 g/mol. The van der Waals surface area contributed by atoms with Crippen LogP contribution in [0.2, 0.25) is 0 Å². The lowest BCUT2D eigenvalue weighted by molar-refractivity contribution is 0.159. The summed E-state index contributed by atoms with van der Waals surface area (Å²) < 4.78 is 0. The first-order valence-corrected chi connectivity index (χ1v) is 4.88. The van der Waals surface area contributed by atoms with Crippen LogP contribution in [-0.2, 0) is 0 Å². The molecular formula is C7H17NOS. The Kier molecular flexibility index (Phi) is 5.13. The summed E-state index contributed by atoms with van der Waals surface area (Å²) >= 11 is 1.64. The molecule has 0 aromatic rings. The van der Waals surface area contributed by atoms with Crippen molar-refractivity contribution in [2.45, 2.75) is 31.7 Å². The molecule has 0 heterocycles. The van der Waals surface area contributed by atoms with Gasteiger partial charge in [-0.2, -0.15) is 11.8 Å².